The van der Waals surface area contributed by atoms with Crippen molar-refractivity contribution < 1.29 is 4.39 Å². The molecule has 0 saturated carbocycles. The Morgan fingerprint density at radius 2 is 1.91 bits per heavy atom. The minimum absolute atomic E-state index is 0.254. The lowest BCUT2D eigenvalue weighted by molar-refractivity contribution is 0.628. The molecule has 3 heteroatoms. The fraction of sp³-hybridized carbons (Fsp3) is 0.125. The van der Waals surface area contributed by atoms with E-state index < -0.39 is 0 Å². The second-order valence-electron chi connectivity index (χ2n) is 2.18. The molecular weight excluding hydrogens is 165 g/mol. The maximum absolute atomic E-state index is 12.4. The molecule has 1 aromatic rings. The van der Waals surface area contributed by atoms with Crippen LogP contribution in [0.2, 0.25) is 0 Å². The van der Waals surface area contributed by atoms with Crippen LogP contribution in [0.25, 0.3) is 0 Å². The topological polar surface area (TPSA) is 12.4 Å². The first kappa shape index (κ1) is 8.21. The van der Waals surface area contributed by atoms with Crippen LogP contribution in [0.1, 0.15) is 12.5 Å². The smallest absolute Gasteiger partial charge is 0.123 e. The molecule has 0 unspecified atom stereocenters. The van der Waals surface area contributed by atoms with Gasteiger partial charge in [-0.1, -0.05) is 12.1 Å². The second-order valence-corrected chi connectivity index (χ2v) is 2.35. The van der Waals surface area contributed by atoms with Crippen molar-refractivity contribution in [3.05, 3.63) is 35.6 Å². The maximum Gasteiger partial charge on any atom is 0.123 e. The first-order valence-corrected chi connectivity index (χ1v) is 3.49. The van der Waals surface area contributed by atoms with Gasteiger partial charge in [-0.3, -0.25) is 0 Å². The summed E-state index contributed by atoms with van der Waals surface area (Å²) in [6, 6.07) is 6.02. The van der Waals surface area contributed by atoms with Crippen LogP contribution in [0.3, 0.4) is 0 Å². The molecule has 1 nitrogen and oxygen atoms in total. The summed E-state index contributed by atoms with van der Waals surface area (Å²) < 4.78 is 15.8. The number of benzene rings is 1. The van der Waals surface area contributed by atoms with E-state index in [0.717, 1.165) is 5.56 Å². The Hall–Kier alpha value is -0.890. The molecule has 0 amide bonds. The zero-order valence-corrected chi connectivity index (χ0v) is 6.77. The van der Waals surface area contributed by atoms with Gasteiger partial charge < -0.3 is 0 Å². The molecule has 0 fully saturated rings. The van der Waals surface area contributed by atoms with E-state index in [1.807, 2.05) is 0 Å². The van der Waals surface area contributed by atoms with E-state index in [1.54, 1.807) is 19.1 Å². The fourth-order valence-electron chi connectivity index (χ4n) is 0.740. The number of hydrogen-bond acceptors (Lipinski definition) is 1. The molecule has 58 valence electrons. The molecule has 0 atom stereocenters. The van der Waals surface area contributed by atoms with Crippen molar-refractivity contribution in [1.29, 1.82) is 0 Å². The van der Waals surface area contributed by atoms with E-state index in [-0.39, 0.29) is 5.82 Å². The molecule has 0 heterocycles. The SMILES string of the molecule is CC(=NCl)c1ccc(F)cc1. The number of nitrogens with zero attached hydrogens (tertiary/aromatic N) is 1. The van der Waals surface area contributed by atoms with E-state index in [4.69, 9.17) is 11.8 Å². The first-order chi connectivity index (χ1) is 5.24. The van der Waals surface area contributed by atoms with Crippen LogP contribution in [0.4, 0.5) is 4.39 Å². The molecule has 11 heavy (non-hydrogen) atoms. The van der Waals surface area contributed by atoms with Crippen molar-refractivity contribution in [1.82, 2.24) is 0 Å². The van der Waals surface area contributed by atoms with Gasteiger partial charge in [0.1, 0.15) is 5.82 Å². The predicted octanol–water partition coefficient (Wildman–Crippen LogP) is 2.79. The highest BCUT2D eigenvalue weighted by atomic mass is 35.5. The Kier molecular flexibility index (Phi) is 2.60. The lowest BCUT2D eigenvalue weighted by Gasteiger charge is -1.96. The molecule has 0 aliphatic heterocycles. The second kappa shape index (κ2) is 3.49. The third kappa shape index (κ3) is 2.02. The lowest BCUT2D eigenvalue weighted by atomic mass is 10.1. The van der Waals surface area contributed by atoms with Crippen LogP contribution in [-0.2, 0) is 0 Å². The zero-order chi connectivity index (χ0) is 8.27. The van der Waals surface area contributed by atoms with Crippen molar-refractivity contribution in [3.63, 3.8) is 0 Å². The van der Waals surface area contributed by atoms with Gasteiger partial charge in [-0.2, -0.15) is 4.51 Å². The normalized spacial score (nSPS) is 11.7. The minimum Gasteiger partial charge on any atom is -0.207 e. The molecular formula is C8H7ClFN. The summed E-state index contributed by atoms with van der Waals surface area (Å²) >= 11 is 5.22. The van der Waals surface area contributed by atoms with Crippen molar-refractivity contribution in [2.75, 3.05) is 0 Å². The minimum atomic E-state index is -0.254. The molecule has 0 bridgehead atoms. The van der Waals surface area contributed by atoms with Gasteiger partial charge in [0.2, 0.25) is 0 Å². The van der Waals surface area contributed by atoms with Crippen molar-refractivity contribution in [3.8, 4) is 0 Å². The van der Waals surface area contributed by atoms with Gasteiger partial charge in [0, 0.05) is 11.8 Å². The summed E-state index contributed by atoms with van der Waals surface area (Å²) in [7, 11) is 0. The largest absolute Gasteiger partial charge is 0.207 e. The van der Waals surface area contributed by atoms with Crippen LogP contribution in [0.15, 0.2) is 28.8 Å². The molecule has 1 rings (SSSR count). The predicted molar refractivity (Wildman–Crippen MR) is 44.5 cm³/mol. The molecule has 0 N–H and O–H groups in total. The molecule has 1 aromatic carbocycles. The van der Waals surface area contributed by atoms with Gasteiger partial charge >= 0.3 is 0 Å². The maximum atomic E-state index is 12.4. The molecule has 0 aromatic heterocycles. The van der Waals surface area contributed by atoms with Gasteiger partial charge in [-0.15, -0.1) is 0 Å². The number of rotatable bonds is 1. The highest BCUT2D eigenvalue weighted by Gasteiger charge is 1.95. The highest BCUT2D eigenvalue weighted by molar-refractivity contribution is 6.22. The third-order valence-corrected chi connectivity index (χ3v) is 1.64. The van der Waals surface area contributed by atoms with Gasteiger partial charge in [0.05, 0.1) is 5.71 Å². The summed E-state index contributed by atoms with van der Waals surface area (Å²) in [5.74, 6) is -0.254. The number of halogens is 2. The molecule has 0 aliphatic rings. The molecule has 0 spiro atoms. The summed E-state index contributed by atoms with van der Waals surface area (Å²) in [6.07, 6.45) is 0. The van der Waals surface area contributed by atoms with Crippen LogP contribution >= 0.6 is 11.8 Å². The summed E-state index contributed by atoms with van der Waals surface area (Å²) in [6.45, 7) is 1.76. The zero-order valence-electron chi connectivity index (χ0n) is 6.01. The van der Waals surface area contributed by atoms with Crippen LogP contribution in [0.5, 0.6) is 0 Å². The van der Waals surface area contributed by atoms with Gasteiger partial charge in [-0.25, -0.2) is 4.39 Å². The molecule has 0 saturated heterocycles. The fourth-order valence-corrected chi connectivity index (χ4v) is 0.837. The Bertz CT molecular complexity index is 266. The highest BCUT2D eigenvalue weighted by Crippen LogP contribution is 2.04. The average Bonchev–Trinajstić information content (AvgIpc) is 2.05. The summed E-state index contributed by atoms with van der Waals surface area (Å²) in [5.41, 5.74) is 1.52. The Morgan fingerprint density at radius 1 is 1.36 bits per heavy atom. The van der Waals surface area contributed by atoms with Crippen molar-refractivity contribution >= 4 is 17.5 Å². The van der Waals surface area contributed by atoms with Crippen LogP contribution < -0.4 is 0 Å². The van der Waals surface area contributed by atoms with E-state index in [9.17, 15) is 4.39 Å². The van der Waals surface area contributed by atoms with E-state index in [0.29, 0.717) is 5.71 Å². The number of hydrogen-bond donors (Lipinski definition) is 0. The van der Waals surface area contributed by atoms with E-state index in [2.05, 4.69) is 4.51 Å². The lowest BCUT2D eigenvalue weighted by Crippen LogP contribution is -1.91. The Balaban J connectivity index is 2.99. The van der Waals surface area contributed by atoms with Crippen molar-refractivity contribution in [2.45, 2.75) is 6.92 Å². The molecule has 0 radical (unpaired) electrons. The van der Waals surface area contributed by atoms with Crippen LogP contribution in [-0.4, -0.2) is 5.71 Å². The average molecular weight is 172 g/mol. The van der Waals surface area contributed by atoms with Gasteiger partial charge in [-0.05, 0) is 24.6 Å². The van der Waals surface area contributed by atoms with Crippen LogP contribution in [0, 0.1) is 5.82 Å². The van der Waals surface area contributed by atoms with Gasteiger partial charge in [0.25, 0.3) is 0 Å². The van der Waals surface area contributed by atoms with E-state index >= 15 is 0 Å². The van der Waals surface area contributed by atoms with Crippen molar-refractivity contribution in [2.24, 2.45) is 4.51 Å². The first-order valence-electron chi connectivity index (χ1n) is 3.15. The Morgan fingerprint density at radius 3 is 2.36 bits per heavy atom. The summed E-state index contributed by atoms with van der Waals surface area (Å²) in [5, 5.41) is 0. The van der Waals surface area contributed by atoms with Gasteiger partial charge in [0.15, 0.2) is 0 Å². The standard InChI is InChI=1S/C8H7ClFN/c1-6(11-9)7-2-4-8(10)5-3-7/h2-5H,1H3. The monoisotopic (exact) mass is 171 g/mol. The Labute approximate surface area is 69.6 Å². The summed E-state index contributed by atoms with van der Waals surface area (Å²) in [4.78, 5) is 0. The van der Waals surface area contributed by atoms with E-state index in [1.165, 1.54) is 12.1 Å². The molecule has 0 aliphatic carbocycles. The third-order valence-electron chi connectivity index (χ3n) is 1.39. The quantitative estimate of drug-likeness (QED) is 0.577.